The zero-order valence-corrected chi connectivity index (χ0v) is 18.1. The molecule has 6 heteroatoms. The number of amides is 2. The fourth-order valence-electron chi connectivity index (χ4n) is 3.46. The molecule has 0 saturated heterocycles. The zero-order valence-electron chi connectivity index (χ0n) is 16.6. The van der Waals surface area contributed by atoms with Crippen LogP contribution in [0.1, 0.15) is 37.8 Å². The molecule has 1 aliphatic rings. The number of likely N-dealkylation sites (N-methyl/N-ethyl adjacent to an activating group) is 1. The summed E-state index contributed by atoms with van der Waals surface area (Å²) >= 11 is 12.5. The number of halogens is 2. The molecule has 0 aromatic heterocycles. The van der Waals surface area contributed by atoms with E-state index in [1.807, 2.05) is 49.1 Å². The molecular formula is C23H24Cl2N2O2. The predicted molar refractivity (Wildman–Crippen MR) is 118 cm³/mol. The largest absolute Gasteiger partial charge is 0.362 e. The van der Waals surface area contributed by atoms with Gasteiger partial charge in [-0.1, -0.05) is 72.9 Å². The van der Waals surface area contributed by atoms with Crippen LogP contribution in [0.15, 0.2) is 54.2 Å². The van der Waals surface area contributed by atoms with E-state index in [1.165, 1.54) is 4.90 Å². The van der Waals surface area contributed by atoms with Gasteiger partial charge in [-0.2, -0.15) is 0 Å². The van der Waals surface area contributed by atoms with E-state index in [9.17, 15) is 9.59 Å². The van der Waals surface area contributed by atoms with Crippen LogP contribution in [0.4, 0.5) is 0 Å². The summed E-state index contributed by atoms with van der Waals surface area (Å²) in [5.74, 6) is -0.559. The lowest BCUT2D eigenvalue weighted by Gasteiger charge is -2.25. The maximum absolute atomic E-state index is 13.3. The summed E-state index contributed by atoms with van der Waals surface area (Å²) in [6.45, 7) is 5.52. The molecule has 152 valence electrons. The van der Waals surface area contributed by atoms with Crippen LogP contribution in [-0.4, -0.2) is 34.7 Å². The highest BCUT2D eigenvalue weighted by Gasteiger charge is 2.41. The van der Waals surface area contributed by atoms with Gasteiger partial charge >= 0.3 is 0 Å². The number of nitrogens with zero attached hydrogens (tertiary/aromatic N) is 2. The Hall–Kier alpha value is -2.30. The minimum absolute atomic E-state index is 0.262. The molecule has 0 atom stereocenters. The summed E-state index contributed by atoms with van der Waals surface area (Å²) < 4.78 is 0. The maximum Gasteiger partial charge on any atom is 0.277 e. The van der Waals surface area contributed by atoms with Crippen molar-refractivity contribution in [1.82, 2.24) is 9.80 Å². The van der Waals surface area contributed by atoms with Crippen molar-refractivity contribution in [2.45, 2.75) is 33.2 Å². The van der Waals surface area contributed by atoms with Gasteiger partial charge < -0.3 is 4.90 Å². The second-order valence-electron chi connectivity index (χ2n) is 6.96. The molecule has 4 nitrogen and oxygen atoms in total. The Morgan fingerprint density at radius 3 is 2.31 bits per heavy atom. The van der Waals surface area contributed by atoms with E-state index in [1.54, 1.807) is 18.2 Å². The number of hydrogen-bond acceptors (Lipinski definition) is 3. The van der Waals surface area contributed by atoms with Crippen LogP contribution in [0.5, 0.6) is 0 Å². The molecule has 0 bridgehead atoms. The standard InChI is InChI=1S/C23H24Cl2N2O2/c1-3-5-13-27-22(28)20(18-12-11-17(24)14-19(18)25)21(23(27)29)26(4-2)15-16-9-7-6-8-10-16/h6-12,14H,3-5,13,15H2,1-2H3. The van der Waals surface area contributed by atoms with Crippen molar-refractivity contribution in [3.05, 3.63) is 75.4 Å². The summed E-state index contributed by atoms with van der Waals surface area (Å²) in [7, 11) is 0. The number of imide groups is 1. The minimum Gasteiger partial charge on any atom is -0.362 e. The zero-order chi connectivity index (χ0) is 21.0. The van der Waals surface area contributed by atoms with Crippen molar-refractivity contribution >= 4 is 40.6 Å². The molecule has 0 fully saturated rings. The molecule has 0 saturated carbocycles. The molecule has 2 amide bonds. The summed E-state index contributed by atoms with van der Waals surface area (Å²) in [4.78, 5) is 29.9. The third-order valence-corrected chi connectivity index (χ3v) is 5.54. The van der Waals surface area contributed by atoms with Crippen molar-refractivity contribution in [3.63, 3.8) is 0 Å². The lowest BCUT2D eigenvalue weighted by molar-refractivity contribution is -0.137. The topological polar surface area (TPSA) is 40.6 Å². The minimum atomic E-state index is -0.297. The van der Waals surface area contributed by atoms with Crippen LogP contribution in [0, 0.1) is 0 Å². The van der Waals surface area contributed by atoms with Gasteiger partial charge in [0.25, 0.3) is 11.8 Å². The monoisotopic (exact) mass is 430 g/mol. The molecule has 3 rings (SSSR count). The first-order chi connectivity index (χ1) is 14.0. The Morgan fingerprint density at radius 1 is 0.966 bits per heavy atom. The smallest absolute Gasteiger partial charge is 0.277 e. The van der Waals surface area contributed by atoms with Crippen LogP contribution in [-0.2, 0) is 16.1 Å². The Bertz CT molecular complexity index is 941. The number of carbonyl (C=O) groups excluding carboxylic acids is 2. The molecule has 0 spiro atoms. The second-order valence-corrected chi connectivity index (χ2v) is 7.81. The van der Waals surface area contributed by atoms with E-state index in [-0.39, 0.29) is 11.8 Å². The van der Waals surface area contributed by atoms with Gasteiger partial charge in [0.1, 0.15) is 5.70 Å². The second kappa shape index (κ2) is 9.47. The quantitative estimate of drug-likeness (QED) is 0.526. The van der Waals surface area contributed by atoms with Crippen LogP contribution in [0.3, 0.4) is 0 Å². The highest BCUT2D eigenvalue weighted by molar-refractivity contribution is 6.41. The van der Waals surface area contributed by atoms with Crippen LogP contribution in [0.25, 0.3) is 5.57 Å². The molecule has 2 aromatic rings. The summed E-state index contributed by atoms with van der Waals surface area (Å²) in [6.07, 6.45) is 1.65. The lowest BCUT2D eigenvalue weighted by atomic mass is 10.0. The SMILES string of the molecule is CCCCN1C(=O)C(c2ccc(Cl)cc2Cl)=C(N(CC)Cc2ccccc2)C1=O. The number of rotatable bonds is 8. The number of carbonyl (C=O) groups is 2. The van der Waals surface area contributed by atoms with Gasteiger partial charge in [-0.25, -0.2) is 0 Å². The maximum atomic E-state index is 13.3. The summed E-state index contributed by atoms with van der Waals surface area (Å²) in [5, 5.41) is 0.844. The average molecular weight is 431 g/mol. The molecule has 1 heterocycles. The number of unbranched alkanes of at least 4 members (excludes halogenated alkanes) is 1. The van der Waals surface area contributed by atoms with Gasteiger partial charge in [0.15, 0.2) is 0 Å². The number of hydrogen-bond donors (Lipinski definition) is 0. The first kappa shape index (κ1) is 21.4. The number of benzene rings is 2. The van der Waals surface area contributed by atoms with E-state index < -0.39 is 0 Å². The first-order valence-electron chi connectivity index (χ1n) is 9.82. The Balaban J connectivity index is 2.10. The fourth-order valence-corrected chi connectivity index (χ4v) is 3.97. The lowest BCUT2D eigenvalue weighted by Crippen LogP contribution is -2.35. The van der Waals surface area contributed by atoms with Gasteiger partial charge in [0.2, 0.25) is 0 Å². The van der Waals surface area contributed by atoms with Crippen LogP contribution in [0.2, 0.25) is 10.0 Å². The van der Waals surface area contributed by atoms with Crippen molar-refractivity contribution in [3.8, 4) is 0 Å². The van der Waals surface area contributed by atoms with E-state index >= 15 is 0 Å². The first-order valence-corrected chi connectivity index (χ1v) is 10.6. The molecule has 0 N–H and O–H groups in total. The van der Waals surface area contributed by atoms with Crippen molar-refractivity contribution < 1.29 is 9.59 Å². The van der Waals surface area contributed by atoms with Crippen molar-refractivity contribution in [2.75, 3.05) is 13.1 Å². The van der Waals surface area contributed by atoms with Crippen molar-refractivity contribution in [2.24, 2.45) is 0 Å². The van der Waals surface area contributed by atoms with Gasteiger partial charge in [-0.05, 0) is 31.0 Å². The van der Waals surface area contributed by atoms with Gasteiger partial charge in [0, 0.05) is 30.2 Å². The summed E-state index contributed by atoms with van der Waals surface area (Å²) in [5.41, 5.74) is 2.36. The van der Waals surface area contributed by atoms with Gasteiger partial charge in [-0.3, -0.25) is 14.5 Å². The molecular weight excluding hydrogens is 407 g/mol. The third kappa shape index (κ3) is 4.49. The van der Waals surface area contributed by atoms with E-state index in [2.05, 4.69) is 0 Å². The van der Waals surface area contributed by atoms with Crippen LogP contribution >= 0.6 is 23.2 Å². The highest BCUT2D eigenvalue weighted by Crippen LogP contribution is 2.36. The molecule has 0 aliphatic carbocycles. The van der Waals surface area contributed by atoms with E-state index in [0.717, 1.165) is 18.4 Å². The van der Waals surface area contributed by atoms with Crippen molar-refractivity contribution in [1.29, 1.82) is 0 Å². The third-order valence-electron chi connectivity index (χ3n) is 4.99. The predicted octanol–water partition coefficient (Wildman–Crippen LogP) is 5.40. The Morgan fingerprint density at radius 2 is 1.69 bits per heavy atom. The molecule has 2 aromatic carbocycles. The van der Waals surface area contributed by atoms with Gasteiger partial charge in [0.05, 0.1) is 10.6 Å². The normalized spacial score (nSPS) is 14.1. The molecule has 1 aliphatic heterocycles. The van der Waals surface area contributed by atoms with E-state index in [4.69, 9.17) is 23.2 Å². The fraction of sp³-hybridized carbons (Fsp3) is 0.304. The molecule has 0 unspecified atom stereocenters. The van der Waals surface area contributed by atoms with E-state index in [0.29, 0.717) is 46.5 Å². The Labute approximate surface area is 181 Å². The Kier molecular flexibility index (Phi) is 6.99. The molecule has 29 heavy (non-hydrogen) atoms. The van der Waals surface area contributed by atoms with Gasteiger partial charge in [-0.15, -0.1) is 0 Å². The molecule has 0 radical (unpaired) electrons. The summed E-state index contributed by atoms with van der Waals surface area (Å²) in [6, 6.07) is 14.9. The van der Waals surface area contributed by atoms with Crippen LogP contribution < -0.4 is 0 Å². The average Bonchev–Trinajstić information content (AvgIpc) is 2.95. The highest BCUT2D eigenvalue weighted by atomic mass is 35.5.